The Morgan fingerprint density at radius 3 is 2.68 bits per heavy atom. The van der Waals surface area contributed by atoms with Gasteiger partial charge in [0.15, 0.2) is 0 Å². The Morgan fingerprint density at radius 1 is 1.37 bits per heavy atom. The van der Waals surface area contributed by atoms with Crippen molar-refractivity contribution in [2.75, 3.05) is 13.1 Å². The Hall–Kier alpha value is -0.900. The predicted octanol–water partition coefficient (Wildman–Crippen LogP) is 2.13. The molecule has 0 amide bonds. The Balaban J connectivity index is 2.03. The molecule has 1 saturated heterocycles. The first-order valence-electron chi connectivity index (χ1n) is 7.19. The lowest BCUT2D eigenvalue weighted by Crippen LogP contribution is -2.42. The number of β-amino-alcohol motifs (C(OH)–C–C–N with tert-alkyl or cyclic N) is 1. The van der Waals surface area contributed by atoms with E-state index in [-0.39, 0.29) is 6.10 Å². The van der Waals surface area contributed by atoms with Crippen LogP contribution in [0.2, 0.25) is 0 Å². The highest BCUT2D eigenvalue weighted by Crippen LogP contribution is 2.28. The molecule has 0 spiro atoms. The van der Waals surface area contributed by atoms with Crippen LogP contribution in [0, 0.1) is 0 Å². The third kappa shape index (κ3) is 3.78. The summed E-state index contributed by atoms with van der Waals surface area (Å²) in [6.45, 7) is 5.36. The first kappa shape index (κ1) is 14.5. The summed E-state index contributed by atoms with van der Waals surface area (Å²) in [7, 11) is 0. The smallest absolute Gasteiger partial charge is 0.0994 e. The van der Waals surface area contributed by atoms with Crippen molar-refractivity contribution in [2.24, 2.45) is 0 Å². The van der Waals surface area contributed by atoms with Crippen LogP contribution in [0.1, 0.15) is 38.7 Å². The standard InChI is InChI=1S/C16H25NO2/c1-13(18)11-15-9-6-10-17(15)12-16(2,19)14-7-4-3-5-8-14/h3-5,7-8,13,15,18-19H,6,9-12H2,1-2H3. The van der Waals surface area contributed by atoms with Gasteiger partial charge in [-0.1, -0.05) is 30.3 Å². The van der Waals surface area contributed by atoms with Crippen LogP contribution < -0.4 is 0 Å². The van der Waals surface area contributed by atoms with Crippen LogP contribution >= 0.6 is 0 Å². The fourth-order valence-corrected chi connectivity index (χ4v) is 3.05. The van der Waals surface area contributed by atoms with E-state index in [9.17, 15) is 10.2 Å². The number of hydrogen-bond acceptors (Lipinski definition) is 3. The van der Waals surface area contributed by atoms with E-state index >= 15 is 0 Å². The lowest BCUT2D eigenvalue weighted by molar-refractivity contribution is 0.00587. The molecule has 0 aliphatic carbocycles. The molecule has 0 radical (unpaired) electrons. The number of aliphatic hydroxyl groups is 2. The monoisotopic (exact) mass is 263 g/mol. The number of benzene rings is 1. The maximum absolute atomic E-state index is 10.7. The Kier molecular flexibility index (Phi) is 4.61. The van der Waals surface area contributed by atoms with Crippen LogP contribution in [-0.4, -0.2) is 40.3 Å². The van der Waals surface area contributed by atoms with Crippen LogP contribution in [0.3, 0.4) is 0 Å². The predicted molar refractivity (Wildman–Crippen MR) is 76.9 cm³/mol. The van der Waals surface area contributed by atoms with E-state index in [0.29, 0.717) is 12.6 Å². The van der Waals surface area contributed by atoms with E-state index in [2.05, 4.69) is 4.90 Å². The first-order chi connectivity index (χ1) is 8.99. The average molecular weight is 263 g/mol. The van der Waals surface area contributed by atoms with Crippen LogP contribution in [0.15, 0.2) is 30.3 Å². The van der Waals surface area contributed by atoms with Gasteiger partial charge in [-0.15, -0.1) is 0 Å². The van der Waals surface area contributed by atoms with E-state index < -0.39 is 5.60 Å². The van der Waals surface area contributed by atoms with Crippen LogP contribution in [0.4, 0.5) is 0 Å². The molecule has 0 bridgehead atoms. The van der Waals surface area contributed by atoms with Gasteiger partial charge in [0.05, 0.1) is 11.7 Å². The SMILES string of the molecule is CC(O)CC1CCCN1CC(C)(O)c1ccccc1. The van der Waals surface area contributed by atoms with E-state index in [0.717, 1.165) is 31.4 Å². The third-order valence-corrected chi connectivity index (χ3v) is 4.02. The van der Waals surface area contributed by atoms with Gasteiger partial charge in [-0.25, -0.2) is 0 Å². The molecule has 3 unspecified atom stereocenters. The number of hydrogen-bond donors (Lipinski definition) is 2. The summed E-state index contributed by atoms with van der Waals surface area (Å²) in [4.78, 5) is 2.32. The highest BCUT2D eigenvalue weighted by molar-refractivity contribution is 5.22. The minimum absolute atomic E-state index is 0.271. The summed E-state index contributed by atoms with van der Waals surface area (Å²) in [5.74, 6) is 0. The van der Waals surface area contributed by atoms with Gasteiger partial charge in [0, 0.05) is 12.6 Å². The second kappa shape index (κ2) is 6.04. The Labute approximate surface area is 115 Å². The van der Waals surface area contributed by atoms with Gasteiger partial charge in [-0.2, -0.15) is 0 Å². The zero-order chi connectivity index (χ0) is 13.9. The normalized spacial score (nSPS) is 25.2. The largest absolute Gasteiger partial charge is 0.393 e. The summed E-state index contributed by atoms with van der Waals surface area (Å²) in [5.41, 5.74) is 0.125. The van der Waals surface area contributed by atoms with Crippen molar-refractivity contribution >= 4 is 0 Å². The summed E-state index contributed by atoms with van der Waals surface area (Å²) in [5, 5.41) is 20.3. The highest BCUT2D eigenvalue weighted by Gasteiger charge is 2.32. The molecule has 0 saturated carbocycles. The fourth-order valence-electron chi connectivity index (χ4n) is 3.05. The van der Waals surface area contributed by atoms with Gasteiger partial charge >= 0.3 is 0 Å². The van der Waals surface area contributed by atoms with Gasteiger partial charge < -0.3 is 10.2 Å². The number of rotatable bonds is 5. The molecule has 1 fully saturated rings. The molecule has 1 heterocycles. The minimum Gasteiger partial charge on any atom is -0.393 e. The van der Waals surface area contributed by atoms with Crippen molar-refractivity contribution in [2.45, 2.75) is 50.9 Å². The van der Waals surface area contributed by atoms with Crippen molar-refractivity contribution < 1.29 is 10.2 Å². The van der Waals surface area contributed by atoms with E-state index in [1.165, 1.54) is 0 Å². The molecular formula is C16H25NO2. The molecule has 1 aliphatic rings. The van der Waals surface area contributed by atoms with Crippen LogP contribution in [0.5, 0.6) is 0 Å². The highest BCUT2D eigenvalue weighted by atomic mass is 16.3. The molecule has 3 nitrogen and oxygen atoms in total. The maximum Gasteiger partial charge on any atom is 0.0994 e. The van der Waals surface area contributed by atoms with Gasteiger partial charge in [0.2, 0.25) is 0 Å². The summed E-state index contributed by atoms with van der Waals surface area (Å²) >= 11 is 0. The molecular weight excluding hydrogens is 238 g/mol. The zero-order valence-corrected chi connectivity index (χ0v) is 11.9. The summed E-state index contributed by atoms with van der Waals surface area (Å²) in [6, 6.07) is 10.2. The second-order valence-corrected chi connectivity index (χ2v) is 5.99. The molecule has 3 heteroatoms. The second-order valence-electron chi connectivity index (χ2n) is 5.99. The van der Waals surface area contributed by atoms with Gasteiger partial charge in [-0.3, -0.25) is 4.90 Å². The van der Waals surface area contributed by atoms with Crippen molar-refractivity contribution in [3.63, 3.8) is 0 Å². The lowest BCUT2D eigenvalue weighted by Gasteiger charge is -2.33. The van der Waals surface area contributed by atoms with E-state index in [4.69, 9.17) is 0 Å². The third-order valence-electron chi connectivity index (χ3n) is 4.02. The number of nitrogens with zero attached hydrogens (tertiary/aromatic N) is 1. The van der Waals surface area contributed by atoms with Gasteiger partial charge in [-0.05, 0) is 45.2 Å². The summed E-state index contributed by atoms with van der Waals surface area (Å²) in [6.07, 6.45) is 2.80. The molecule has 3 atom stereocenters. The van der Waals surface area contributed by atoms with Crippen molar-refractivity contribution in [1.29, 1.82) is 0 Å². The van der Waals surface area contributed by atoms with Crippen molar-refractivity contribution in [3.05, 3.63) is 35.9 Å². The number of aliphatic hydroxyl groups excluding tert-OH is 1. The quantitative estimate of drug-likeness (QED) is 0.855. The molecule has 2 rings (SSSR count). The maximum atomic E-state index is 10.7. The van der Waals surface area contributed by atoms with Crippen molar-refractivity contribution in [3.8, 4) is 0 Å². The number of likely N-dealkylation sites (tertiary alicyclic amines) is 1. The lowest BCUT2D eigenvalue weighted by atomic mass is 9.95. The first-order valence-corrected chi connectivity index (χ1v) is 7.19. The van der Waals surface area contributed by atoms with Crippen molar-refractivity contribution in [1.82, 2.24) is 4.90 Å². The topological polar surface area (TPSA) is 43.7 Å². The Bertz CT molecular complexity index is 389. The molecule has 106 valence electrons. The minimum atomic E-state index is -0.831. The molecule has 1 aromatic rings. The van der Waals surface area contributed by atoms with Crippen LogP contribution in [0.25, 0.3) is 0 Å². The zero-order valence-electron chi connectivity index (χ0n) is 11.9. The van der Waals surface area contributed by atoms with Gasteiger partial charge in [0.1, 0.15) is 0 Å². The fraction of sp³-hybridized carbons (Fsp3) is 0.625. The molecule has 1 aliphatic heterocycles. The molecule has 19 heavy (non-hydrogen) atoms. The summed E-state index contributed by atoms with van der Waals surface area (Å²) < 4.78 is 0. The molecule has 2 N–H and O–H groups in total. The molecule has 1 aromatic carbocycles. The van der Waals surface area contributed by atoms with Crippen LogP contribution in [-0.2, 0) is 5.60 Å². The Morgan fingerprint density at radius 2 is 2.05 bits per heavy atom. The molecule has 0 aromatic heterocycles. The van der Waals surface area contributed by atoms with Gasteiger partial charge in [0.25, 0.3) is 0 Å². The van der Waals surface area contributed by atoms with E-state index in [1.54, 1.807) is 0 Å². The van der Waals surface area contributed by atoms with E-state index in [1.807, 2.05) is 44.2 Å². The average Bonchev–Trinajstić information content (AvgIpc) is 2.76.